The third-order valence-electron chi connectivity index (χ3n) is 3.10. The topological polar surface area (TPSA) is 36.9 Å². The standard InChI is InChI=1S/C16H33BrO4/c1-18-11-12-20-15-16-21-14-13-19-10-8-6-4-2-3-5-7-9-17/h2-16H2,1H3. The molecule has 0 aromatic carbocycles. The van der Waals surface area contributed by atoms with E-state index in [4.69, 9.17) is 18.9 Å². The molecule has 0 rings (SSSR count). The molecular weight excluding hydrogens is 336 g/mol. The van der Waals surface area contributed by atoms with Gasteiger partial charge in [-0.15, -0.1) is 0 Å². The molecule has 0 N–H and O–H groups in total. The molecule has 0 atom stereocenters. The molecule has 5 heteroatoms. The van der Waals surface area contributed by atoms with Gasteiger partial charge in [-0.3, -0.25) is 0 Å². The quantitative estimate of drug-likeness (QED) is 0.272. The lowest BCUT2D eigenvalue weighted by Gasteiger charge is -2.06. The van der Waals surface area contributed by atoms with E-state index in [2.05, 4.69) is 15.9 Å². The molecule has 0 bridgehead atoms. The minimum absolute atomic E-state index is 0.623. The Kier molecular flexibility index (Phi) is 20.6. The van der Waals surface area contributed by atoms with Gasteiger partial charge in [-0.1, -0.05) is 48.0 Å². The predicted octanol–water partition coefficient (Wildman–Crippen LogP) is 3.81. The van der Waals surface area contributed by atoms with Gasteiger partial charge in [0.2, 0.25) is 0 Å². The molecule has 128 valence electrons. The van der Waals surface area contributed by atoms with Gasteiger partial charge >= 0.3 is 0 Å². The van der Waals surface area contributed by atoms with Gasteiger partial charge < -0.3 is 18.9 Å². The fraction of sp³-hybridized carbons (Fsp3) is 1.00. The second-order valence-corrected chi connectivity index (χ2v) is 5.79. The Hall–Kier alpha value is 0.320. The van der Waals surface area contributed by atoms with Gasteiger partial charge in [0.05, 0.1) is 39.6 Å². The Morgan fingerprint density at radius 1 is 0.524 bits per heavy atom. The fourth-order valence-electron chi connectivity index (χ4n) is 1.87. The van der Waals surface area contributed by atoms with E-state index in [9.17, 15) is 0 Å². The van der Waals surface area contributed by atoms with Crippen LogP contribution in [0.1, 0.15) is 44.9 Å². The van der Waals surface area contributed by atoms with E-state index >= 15 is 0 Å². The van der Waals surface area contributed by atoms with Gasteiger partial charge in [0.15, 0.2) is 0 Å². The summed E-state index contributed by atoms with van der Waals surface area (Å²) in [4.78, 5) is 0. The van der Waals surface area contributed by atoms with Crippen LogP contribution in [-0.4, -0.2) is 58.7 Å². The lowest BCUT2D eigenvalue weighted by molar-refractivity contribution is 0.00323. The van der Waals surface area contributed by atoms with Gasteiger partial charge in [-0.25, -0.2) is 0 Å². The Bertz CT molecular complexity index is 164. The number of ether oxygens (including phenoxy) is 4. The summed E-state index contributed by atoms with van der Waals surface area (Å²) in [5, 5.41) is 1.14. The van der Waals surface area contributed by atoms with Crippen molar-refractivity contribution in [1.82, 2.24) is 0 Å². The van der Waals surface area contributed by atoms with Gasteiger partial charge in [0.25, 0.3) is 0 Å². The Morgan fingerprint density at radius 2 is 0.952 bits per heavy atom. The lowest BCUT2D eigenvalue weighted by Crippen LogP contribution is -2.11. The summed E-state index contributed by atoms with van der Waals surface area (Å²) in [6, 6.07) is 0. The number of hydrogen-bond acceptors (Lipinski definition) is 4. The first-order valence-corrected chi connectivity index (χ1v) is 9.32. The molecule has 0 aromatic heterocycles. The Balaban J connectivity index is 2.90. The molecule has 0 aliphatic heterocycles. The van der Waals surface area contributed by atoms with E-state index in [-0.39, 0.29) is 0 Å². The first-order valence-electron chi connectivity index (χ1n) is 8.20. The van der Waals surface area contributed by atoms with Crippen LogP contribution in [0.25, 0.3) is 0 Å². The minimum atomic E-state index is 0.623. The normalized spacial score (nSPS) is 11.1. The summed E-state index contributed by atoms with van der Waals surface area (Å²) < 4.78 is 21.1. The summed E-state index contributed by atoms with van der Waals surface area (Å²) in [5.74, 6) is 0. The summed E-state index contributed by atoms with van der Waals surface area (Å²) in [6.45, 7) is 4.71. The number of methoxy groups -OCH3 is 1. The van der Waals surface area contributed by atoms with Crippen LogP contribution in [-0.2, 0) is 18.9 Å². The minimum Gasteiger partial charge on any atom is -0.382 e. The van der Waals surface area contributed by atoms with Crippen LogP contribution in [0.15, 0.2) is 0 Å². The van der Waals surface area contributed by atoms with Crippen molar-refractivity contribution in [1.29, 1.82) is 0 Å². The molecule has 0 amide bonds. The maximum atomic E-state index is 5.53. The molecule has 0 saturated heterocycles. The van der Waals surface area contributed by atoms with Crippen molar-refractivity contribution in [2.75, 3.05) is 58.7 Å². The van der Waals surface area contributed by atoms with Gasteiger partial charge in [-0.2, -0.15) is 0 Å². The predicted molar refractivity (Wildman–Crippen MR) is 90.4 cm³/mol. The van der Waals surface area contributed by atoms with E-state index in [0.717, 1.165) is 11.9 Å². The number of unbranched alkanes of at least 4 members (excludes halogenated alkanes) is 6. The van der Waals surface area contributed by atoms with Crippen molar-refractivity contribution in [3.05, 3.63) is 0 Å². The molecule has 21 heavy (non-hydrogen) atoms. The highest BCUT2D eigenvalue weighted by Gasteiger charge is 1.94. The first-order chi connectivity index (χ1) is 10.4. The maximum Gasteiger partial charge on any atom is 0.0701 e. The van der Waals surface area contributed by atoms with Crippen molar-refractivity contribution in [2.24, 2.45) is 0 Å². The summed E-state index contributed by atoms with van der Waals surface area (Å²) in [7, 11) is 1.67. The van der Waals surface area contributed by atoms with Crippen LogP contribution in [0.4, 0.5) is 0 Å². The first kappa shape index (κ1) is 21.3. The molecule has 0 aliphatic rings. The van der Waals surface area contributed by atoms with Crippen LogP contribution in [0.2, 0.25) is 0 Å². The number of alkyl halides is 1. The monoisotopic (exact) mass is 368 g/mol. The highest BCUT2D eigenvalue weighted by molar-refractivity contribution is 9.09. The molecule has 0 unspecified atom stereocenters. The highest BCUT2D eigenvalue weighted by Crippen LogP contribution is 2.07. The Labute approximate surface area is 139 Å². The molecule has 4 nitrogen and oxygen atoms in total. The van der Waals surface area contributed by atoms with E-state index < -0.39 is 0 Å². The second kappa shape index (κ2) is 20.3. The van der Waals surface area contributed by atoms with Crippen molar-refractivity contribution < 1.29 is 18.9 Å². The van der Waals surface area contributed by atoms with Gasteiger partial charge in [-0.05, 0) is 12.8 Å². The average molecular weight is 369 g/mol. The lowest BCUT2D eigenvalue weighted by atomic mass is 10.1. The van der Waals surface area contributed by atoms with Crippen molar-refractivity contribution >= 4 is 15.9 Å². The third-order valence-corrected chi connectivity index (χ3v) is 3.66. The van der Waals surface area contributed by atoms with E-state index in [0.29, 0.717) is 39.6 Å². The molecule has 0 heterocycles. The number of rotatable bonds is 18. The maximum absolute atomic E-state index is 5.53. The van der Waals surface area contributed by atoms with E-state index in [1.807, 2.05) is 0 Å². The molecule has 0 spiro atoms. The largest absolute Gasteiger partial charge is 0.382 e. The second-order valence-electron chi connectivity index (χ2n) is 4.99. The van der Waals surface area contributed by atoms with E-state index in [1.54, 1.807) is 7.11 Å². The highest BCUT2D eigenvalue weighted by atomic mass is 79.9. The zero-order valence-electron chi connectivity index (χ0n) is 13.6. The van der Waals surface area contributed by atoms with Crippen LogP contribution in [0, 0.1) is 0 Å². The average Bonchev–Trinajstić information content (AvgIpc) is 2.50. The van der Waals surface area contributed by atoms with Crippen LogP contribution >= 0.6 is 15.9 Å². The van der Waals surface area contributed by atoms with E-state index in [1.165, 1.54) is 44.9 Å². The van der Waals surface area contributed by atoms with Crippen LogP contribution < -0.4 is 0 Å². The van der Waals surface area contributed by atoms with Crippen molar-refractivity contribution in [2.45, 2.75) is 44.9 Å². The molecule has 0 fully saturated rings. The van der Waals surface area contributed by atoms with Crippen LogP contribution in [0.3, 0.4) is 0 Å². The molecule has 0 saturated carbocycles. The molecular formula is C16H33BrO4. The van der Waals surface area contributed by atoms with Crippen LogP contribution in [0.5, 0.6) is 0 Å². The zero-order chi connectivity index (χ0) is 15.4. The van der Waals surface area contributed by atoms with Crippen molar-refractivity contribution in [3.8, 4) is 0 Å². The third kappa shape index (κ3) is 20.3. The van der Waals surface area contributed by atoms with Gasteiger partial charge in [0.1, 0.15) is 0 Å². The molecule has 0 aromatic rings. The zero-order valence-corrected chi connectivity index (χ0v) is 15.2. The molecule has 0 aliphatic carbocycles. The fourth-order valence-corrected chi connectivity index (χ4v) is 2.26. The molecule has 0 radical (unpaired) electrons. The smallest absolute Gasteiger partial charge is 0.0701 e. The number of halogens is 1. The van der Waals surface area contributed by atoms with Gasteiger partial charge in [0, 0.05) is 19.0 Å². The summed E-state index contributed by atoms with van der Waals surface area (Å²) >= 11 is 3.46. The Morgan fingerprint density at radius 3 is 1.48 bits per heavy atom. The number of hydrogen-bond donors (Lipinski definition) is 0. The SMILES string of the molecule is COCCOCCOCCOCCCCCCCCCBr. The summed E-state index contributed by atoms with van der Waals surface area (Å²) in [6.07, 6.45) is 9.17. The summed E-state index contributed by atoms with van der Waals surface area (Å²) in [5.41, 5.74) is 0. The van der Waals surface area contributed by atoms with Crippen molar-refractivity contribution in [3.63, 3.8) is 0 Å².